The maximum atomic E-state index is 6.16. The maximum absolute atomic E-state index is 6.16. The molecule has 0 aliphatic heterocycles. The van der Waals surface area contributed by atoms with Crippen LogP contribution in [0.15, 0.2) is 42.5 Å². The first-order chi connectivity index (χ1) is 9.36. The van der Waals surface area contributed by atoms with Gasteiger partial charge in [-0.25, -0.2) is 0 Å². The van der Waals surface area contributed by atoms with Crippen LogP contribution in [0.5, 0.6) is 5.75 Å². The standard InChI is InChI=1S/C17H21ClOSi/c1-13-5-10-17(16(18)11-13)19-12-14-6-8-15(9-7-14)20(2,3)4/h5-11H,12H2,1-4H3. The topological polar surface area (TPSA) is 9.23 Å². The molecule has 0 aromatic heterocycles. The van der Waals surface area contributed by atoms with Gasteiger partial charge >= 0.3 is 0 Å². The lowest BCUT2D eigenvalue weighted by molar-refractivity contribution is 0.306. The first kappa shape index (κ1) is 15.1. The number of halogens is 1. The molecule has 1 nitrogen and oxygen atoms in total. The van der Waals surface area contributed by atoms with Crippen molar-refractivity contribution in [3.8, 4) is 5.75 Å². The number of ether oxygens (including phenoxy) is 1. The molecular formula is C17H21ClOSi. The Labute approximate surface area is 127 Å². The van der Waals surface area contributed by atoms with Gasteiger partial charge in [-0.15, -0.1) is 0 Å². The summed E-state index contributed by atoms with van der Waals surface area (Å²) in [6.07, 6.45) is 0. The van der Waals surface area contributed by atoms with Gasteiger partial charge in [0, 0.05) is 0 Å². The van der Waals surface area contributed by atoms with Crippen molar-refractivity contribution in [2.75, 3.05) is 0 Å². The minimum absolute atomic E-state index is 0.550. The van der Waals surface area contributed by atoms with Crippen molar-refractivity contribution in [1.29, 1.82) is 0 Å². The van der Waals surface area contributed by atoms with Crippen LogP contribution in [-0.4, -0.2) is 8.07 Å². The molecule has 2 aromatic carbocycles. The predicted octanol–water partition coefficient (Wildman–Crippen LogP) is 4.77. The quantitative estimate of drug-likeness (QED) is 0.739. The van der Waals surface area contributed by atoms with Crippen molar-refractivity contribution in [3.63, 3.8) is 0 Å². The lowest BCUT2D eigenvalue weighted by Gasteiger charge is -2.17. The highest BCUT2D eigenvalue weighted by Gasteiger charge is 2.15. The average Bonchev–Trinajstić information content (AvgIpc) is 2.37. The molecule has 0 saturated carbocycles. The molecule has 0 heterocycles. The molecule has 0 spiro atoms. The van der Waals surface area contributed by atoms with E-state index in [2.05, 4.69) is 43.9 Å². The van der Waals surface area contributed by atoms with E-state index >= 15 is 0 Å². The number of benzene rings is 2. The Morgan fingerprint density at radius 2 is 1.65 bits per heavy atom. The zero-order valence-corrected chi connectivity index (χ0v) is 14.3. The van der Waals surface area contributed by atoms with E-state index in [1.165, 1.54) is 10.8 Å². The summed E-state index contributed by atoms with van der Waals surface area (Å²) >= 11 is 6.16. The fraction of sp³-hybridized carbons (Fsp3) is 0.294. The molecule has 0 unspecified atom stereocenters. The minimum atomic E-state index is -1.22. The summed E-state index contributed by atoms with van der Waals surface area (Å²) in [5.74, 6) is 0.742. The second kappa shape index (κ2) is 6.02. The van der Waals surface area contributed by atoms with Gasteiger partial charge in [-0.05, 0) is 30.2 Å². The third-order valence-corrected chi connectivity index (χ3v) is 5.66. The first-order valence-electron chi connectivity index (χ1n) is 6.84. The molecule has 0 radical (unpaired) electrons. The molecule has 0 amide bonds. The van der Waals surface area contributed by atoms with Crippen LogP contribution in [0.1, 0.15) is 11.1 Å². The van der Waals surface area contributed by atoms with E-state index in [0.717, 1.165) is 11.3 Å². The van der Waals surface area contributed by atoms with Crippen LogP contribution in [0, 0.1) is 6.92 Å². The zero-order valence-electron chi connectivity index (χ0n) is 12.5. The molecular weight excluding hydrogens is 284 g/mol. The Morgan fingerprint density at radius 3 is 2.20 bits per heavy atom. The van der Waals surface area contributed by atoms with Crippen LogP contribution >= 0.6 is 11.6 Å². The van der Waals surface area contributed by atoms with Gasteiger partial charge in [0.2, 0.25) is 0 Å². The van der Waals surface area contributed by atoms with E-state index in [0.29, 0.717) is 11.6 Å². The van der Waals surface area contributed by atoms with Crippen LogP contribution in [0.25, 0.3) is 0 Å². The molecule has 2 aromatic rings. The van der Waals surface area contributed by atoms with E-state index in [1.54, 1.807) is 0 Å². The van der Waals surface area contributed by atoms with Crippen LogP contribution in [0.3, 0.4) is 0 Å². The monoisotopic (exact) mass is 304 g/mol. The van der Waals surface area contributed by atoms with Gasteiger partial charge in [-0.3, -0.25) is 0 Å². The zero-order chi connectivity index (χ0) is 14.8. The second-order valence-corrected chi connectivity index (χ2v) is 11.7. The van der Waals surface area contributed by atoms with Gasteiger partial charge in [-0.2, -0.15) is 0 Å². The summed E-state index contributed by atoms with van der Waals surface area (Å²) in [5, 5.41) is 2.14. The second-order valence-electron chi connectivity index (χ2n) is 6.17. The molecule has 0 atom stereocenters. The third-order valence-electron chi connectivity index (χ3n) is 3.30. The molecule has 0 aliphatic carbocycles. The molecule has 0 bridgehead atoms. The van der Waals surface area contributed by atoms with Crippen molar-refractivity contribution >= 4 is 24.9 Å². The van der Waals surface area contributed by atoms with Crippen LogP contribution in [0.4, 0.5) is 0 Å². The van der Waals surface area contributed by atoms with E-state index in [-0.39, 0.29) is 0 Å². The number of rotatable bonds is 4. The van der Waals surface area contributed by atoms with E-state index in [9.17, 15) is 0 Å². The SMILES string of the molecule is Cc1ccc(OCc2ccc([Si](C)(C)C)cc2)c(Cl)c1. The Morgan fingerprint density at radius 1 is 1.00 bits per heavy atom. The number of hydrogen-bond donors (Lipinski definition) is 0. The molecule has 0 fully saturated rings. The van der Waals surface area contributed by atoms with Gasteiger partial charge in [0.15, 0.2) is 0 Å². The Hall–Kier alpha value is -1.25. The molecule has 20 heavy (non-hydrogen) atoms. The molecule has 0 aliphatic rings. The van der Waals surface area contributed by atoms with E-state index in [4.69, 9.17) is 16.3 Å². The van der Waals surface area contributed by atoms with Gasteiger partial charge < -0.3 is 4.74 Å². The summed E-state index contributed by atoms with van der Waals surface area (Å²) < 4.78 is 5.78. The lowest BCUT2D eigenvalue weighted by Crippen LogP contribution is -2.37. The van der Waals surface area contributed by atoms with Crippen molar-refractivity contribution in [3.05, 3.63) is 58.6 Å². The van der Waals surface area contributed by atoms with Crippen molar-refractivity contribution in [1.82, 2.24) is 0 Å². The maximum Gasteiger partial charge on any atom is 0.138 e. The Balaban J connectivity index is 2.04. The summed E-state index contributed by atoms with van der Waals surface area (Å²) in [5.41, 5.74) is 2.31. The fourth-order valence-corrected chi connectivity index (χ4v) is 3.44. The third kappa shape index (κ3) is 3.87. The Kier molecular flexibility index (Phi) is 4.56. The molecule has 106 valence electrons. The minimum Gasteiger partial charge on any atom is -0.487 e. The normalized spacial score (nSPS) is 11.4. The summed E-state index contributed by atoms with van der Waals surface area (Å²) in [6, 6.07) is 14.6. The first-order valence-corrected chi connectivity index (χ1v) is 10.7. The summed E-state index contributed by atoms with van der Waals surface area (Å²) in [7, 11) is -1.22. The van der Waals surface area contributed by atoms with Gasteiger partial charge in [0.1, 0.15) is 12.4 Å². The van der Waals surface area contributed by atoms with Crippen LogP contribution in [-0.2, 0) is 6.61 Å². The molecule has 0 saturated heterocycles. The highest BCUT2D eigenvalue weighted by atomic mass is 35.5. The van der Waals surface area contributed by atoms with Crippen molar-refractivity contribution < 1.29 is 4.74 Å². The number of aryl methyl sites for hydroxylation is 1. The van der Waals surface area contributed by atoms with Crippen molar-refractivity contribution in [2.24, 2.45) is 0 Å². The van der Waals surface area contributed by atoms with Gasteiger partial charge in [0.25, 0.3) is 0 Å². The molecule has 2 rings (SSSR count). The predicted molar refractivity (Wildman–Crippen MR) is 89.9 cm³/mol. The van der Waals surface area contributed by atoms with Gasteiger partial charge in [-0.1, -0.05) is 66.8 Å². The highest BCUT2D eigenvalue weighted by molar-refractivity contribution is 6.88. The largest absolute Gasteiger partial charge is 0.487 e. The molecule has 0 N–H and O–H groups in total. The van der Waals surface area contributed by atoms with Crippen LogP contribution < -0.4 is 9.92 Å². The van der Waals surface area contributed by atoms with Gasteiger partial charge in [0.05, 0.1) is 13.1 Å². The van der Waals surface area contributed by atoms with Crippen molar-refractivity contribution in [2.45, 2.75) is 33.2 Å². The number of hydrogen-bond acceptors (Lipinski definition) is 1. The lowest BCUT2D eigenvalue weighted by atomic mass is 10.2. The Bertz CT molecular complexity index is 585. The van der Waals surface area contributed by atoms with Crippen LogP contribution in [0.2, 0.25) is 24.7 Å². The highest BCUT2D eigenvalue weighted by Crippen LogP contribution is 2.25. The summed E-state index contributed by atoms with van der Waals surface area (Å²) in [6.45, 7) is 9.62. The summed E-state index contributed by atoms with van der Waals surface area (Å²) in [4.78, 5) is 0. The molecule has 3 heteroatoms. The smallest absolute Gasteiger partial charge is 0.138 e. The van der Waals surface area contributed by atoms with E-state index < -0.39 is 8.07 Å². The average molecular weight is 305 g/mol. The van der Waals surface area contributed by atoms with E-state index in [1.807, 2.05) is 25.1 Å². The fourth-order valence-electron chi connectivity index (χ4n) is 1.98.